The standard InChI is InChI=1S/C25H26N2O.C8H14O4/c1-21(28)26-17-19-27(20-18-26)25(22-11-5-2-6-12-22,23-13-7-3-8-14-23)24-15-9-4-10-16-24;1-8(2,6-10)12-7(11)4-3-5-9/h2-16H,17-20H2,1H3;5,10H,3-4,6H2,1-2H3. The number of aldehydes is 1. The van der Waals surface area contributed by atoms with Crippen LogP contribution in [0.15, 0.2) is 91.0 Å². The molecule has 1 heterocycles. The maximum Gasteiger partial charge on any atom is 0.306 e. The Balaban J connectivity index is 0.000000312. The van der Waals surface area contributed by atoms with Gasteiger partial charge < -0.3 is 19.5 Å². The summed E-state index contributed by atoms with van der Waals surface area (Å²) in [6.07, 6.45) is 0.903. The van der Waals surface area contributed by atoms with E-state index < -0.39 is 11.6 Å². The number of ether oxygens (including phenoxy) is 1. The van der Waals surface area contributed by atoms with E-state index in [0.717, 1.165) is 26.2 Å². The summed E-state index contributed by atoms with van der Waals surface area (Å²) < 4.78 is 4.84. The molecule has 0 bridgehead atoms. The Morgan fingerprint density at radius 1 is 0.800 bits per heavy atom. The minimum atomic E-state index is -0.847. The number of aliphatic hydroxyl groups is 1. The molecule has 7 heteroatoms. The van der Waals surface area contributed by atoms with E-state index in [0.29, 0.717) is 6.29 Å². The van der Waals surface area contributed by atoms with E-state index in [1.165, 1.54) is 16.7 Å². The van der Waals surface area contributed by atoms with Gasteiger partial charge in [0, 0.05) is 39.5 Å². The molecule has 0 saturated carbocycles. The molecule has 0 aliphatic carbocycles. The number of rotatable bonds is 9. The molecule has 40 heavy (non-hydrogen) atoms. The fourth-order valence-corrected chi connectivity index (χ4v) is 5.01. The zero-order valence-corrected chi connectivity index (χ0v) is 23.7. The van der Waals surface area contributed by atoms with Gasteiger partial charge in [0.25, 0.3) is 0 Å². The predicted octanol–water partition coefficient (Wildman–Crippen LogP) is 4.42. The Kier molecular flexibility index (Phi) is 11.2. The lowest BCUT2D eigenvalue weighted by Gasteiger charge is -2.49. The number of esters is 1. The van der Waals surface area contributed by atoms with Crippen LogP contribution in [0.3, 0.4) is 0 Å². The van der Waals surface area contributed by atoms with Gasteiger partial charge in [-0.1, -0.05) is 91.0 Å². The molecule has 1 N–H and O–H groups in total. The first-order valence-electron chi connectivity index (χ1n) is 13.7. The van der Waals surface area contributed by atoms with Crippen LogP contribution in [0, 0.1) is 0 Å². The number of hydrogen-bond acceptors (Lipinski definition) is 6. The molecule has 1 aliphatic rings. The molecule has 1 saturated heterocycles. The molecule has 3 aromatic carbocycles. The fourth-order valence-electron chi connectivity index (χ4n) is 5.01. The molecule has 0 spiro atoms. The van der Waals surface area contributed by atoms with E-state index in [-0.39, 0.29) is 30.9 Å². The van der Waals surface area contributed by atoms with Crippen LogP contribution in [-0.4, -0.2) is 71.5 Å². The van der Waals surface area contributed by atoms with Crippen molar-refractivity contribution in [2.45, 2.75) is 44.8 Å². The first-order valence-corrected chi connectivity index (χ1v) is 13.7. The minimum absolute atomic E-state index is 0.0763. The Labute approximate surface area is 237 Å². The lowest BCUT2D eigenvalue weighted by Crippen LogP contribution is -2.57. The topological polar surface area (TPSA) is 87.2 Å². The monoisotopic (exact) mass is 544 g/mol. The third-order valence-corrected chi connectivity index (χ3v) is 7.01. The van der Waals surface area contributed by atoms with E-state index in [4.69, 9.17) is 9.84 Å². The summed E-state index contributed by atoms with van der Waals surface area (Å²) >= 11 is 0. The zero-order valence-electron chi connectivity index (χ0n) is 23.7. The number of carbonyl (C=O) groups excluding carboxylic acids is 3. The first-order chi connectivity index (χ1) is 19.2. The normalized spacial score (nSPS) is 14.1. The number of aliphatic hydroxyl groups excluding tert-OH is 1. The van der Waals surface area contributed by atoms with Gasteiger partial charge in [-0.3, -0.25) is 14.5 Å². The average Bonchev–Trinajstić information content (AvgIpc) is 2.98. The van der Waals surface area contributed by atoms with Gasteiger partial charge in [-0.2, -0.15) is 0 Å². The van der Waals surface area contributed by atoms with Gasteiger partial charge in [0.15, 0.2) is 0 Å². The predicted molar refractivity (Wildman–Crippen MR) is 156 cm³/mol. The number of hydrogen-bond donors (Lipinski definition) is 1. The van der Waals surface area contributed by atoms with E-state index in [2.05, 4.69) is 95.9 Å². The molecule has 212 valence electrons. The van der Waals surface area contributed by atoms with E-state index in [1.54, 1.807) is 20.8 Å². The maximum absolute atomic E-state index is 11.9. The quantitative estimate of drug-likeness (QED) is 0.244. The van der Waals surface area contributed by atoms with E-state index in [9.17, 15) is 14.4 Å². The van der Waals surface area contributed by atoms with Crippen molar-refractivity contribution in [1.82, 2.24) is 9.80 Å². The summed E-state index contributed by atoms with van der Waals surface area (Å²) in [6.45, 7) is 7.82. The van der Waals surface area contributed by atoms with E-state index >= 15 is 0 Å². The van der Waals surface area contributed by atoms with Gasteiger partial charge in [0.2, 0.25) is 5.91 Å². The summed E-state index contributed by atoms with van der Waals surface area (Å²) in [5.74, 6) is -0.300. The molecule has 1 aliphatic heterocycles. The van der Waals surface area contributed by atoms with Crippen molar-refractivity contribution in [1.29, 1.82) is 0 Å². The van der Waals surface area contributed by atoms with Gasteiger partial charge in [0.05, 0.1) is 18.6 Å². The van der Waals surface area contributed by atoms with Crippen molar-refractivity contribution in [2.75, 3.05) is 32.8 Å². The molecule has 0 atom stereocenters. The fraction of sp³-hybridized carbons (Fsp3) is 0.364. The van der Waals surface area contributed by atoms with Crippen LogP contribution < -0.4 is 0 Å². The first kappa shape index (κ1) is 30.7. The maximum atomic E-state index is 11.9. The zero-order chi connectivity index (χ0) is 29.0. The molecule has 1 fully saturated rings. The summed E-state index contributed by atoms with van der Waals surface area (Å²) in [4.78, 5) is 37.1. The molecular weight excluding hydrogens is 504 g/mol. The SMILES string of the molecule is CC(=O)N1CCN(C(c2ccccc2)(c2ccccc2)c2ccccc2)CC1.CC(C)(CO)OC(=O)CCC=O. The lowest BCUT2D eigenvalue weighted by molar-refractivity contribution is -0.160. The van der Waals surface area contributed by atoms with Crippen molar-refractivity contribution < 1.29 is 24.2 Å². The van der Waals surface area contributed by atoms with Gasteiger partial charge >= 0.3 is 5.97 Å². The number of carbonyl (C=O) groups is 3. The third-order valence-electron chi connectivity index (χ3n) is 7.01. The van der Waals surface area contributed by atoms with Crippen molar-refractivity contribution in [3.05, 3.63) is 108 Å². The van der Waals surface area contributed by atoms with Gasteiger partial charge in [-0.15, -0.1) is 0 Å². The number of amides is 1. The Morgan fingerprint density at radius 3 is 1.57 bits per heavy atom. The molecule has 0 unspecified atom stereocenters. The second-order valence-electron chi connectivity index (χ2n) is 10.4. The highest BCUT2D eigenvalue weighted by Gasteiger charge is 2.43. The van der Waals surface area contributed by atoms with Crippen molar-refractivity contribution >= 4 is 18.2 Å². The second-order valence-corrected chi connectivity index (χ2v) is 10.4. The van der Waals surface area contributed by atoms with Crippen LogP contribution in [0.2, 0.25) is 0 Å². The Bertz CT molecular complexity index is 1110. The molecule has 0 aromatic heterocycles. The second kappa shape index (κ2) is 14.5. The lowest BCUT2D eigenvalue weighted by atomic mass is 9.75. The van der Waals surface area contributed by atoms with Crippen molar-refractivity contribution in [3.8, 4) is 0 Å². The smallest absolute Gasteiger partial charge is 0.306 e. The average molecular weight is 545 g/mol. The van der Waals surface area contributed by atoms with Crippen LogP contribution in [-0.2, 0) is 24.7 Å². The molecule has 1 amide bonds. The summed E-state index contributed by atoms with van der Waals surface area (Å²) in [5, 5.41) is 8.72. The minimum Gasteiger partial charge on any atom is -0.457 e. The van der Waals surface area contributed by atoms with Crippen molar-refractivity contribution in [3.63, 3.8) is 0 Å². The molecule has 3 aromatic rings. The van der Waals surface area contributed by atoms with Crippen LogP contribution in [0.4, 0.5) is 0 Å². The molecular formula is C33H40N2O5. The molecule has 0 radical (unpaired) electrons. The summed E-state index contributed by atoms with van der Waals surface area (Å²) in [6, 6.07) is 32.2. The Morgan fingerprint density at radius 2 is 1.23 bits per heavy atom. The molecule has 7 nitrogen and oxygen atoms in total. The highest BCUT2D eigenvalue weighted by Crippen LogP contribution is 2.42. The van der Waals surface area contributed by atoms with Gasteiger partial charge in [-0.25, -0.2) is 0 Å². The summed E-state index contributed by atoms with van der Waals surface area (Å²) in [5.41, 5.74) is 2.53. The number of benzene rings is 3. The van der Waals surface area contributed by atoms with Crippen LogP contribution in [0.25, 0.3) is 0 Å². The Hall–Kier alpha value is -3.81. The third kappa shape index (κ3) is 7.64. The number of nitrogens with zero attached hydrogens (tertiary/aromatic N) is 2. The highest BCUT2D eigenvalue weighted by molar-refractivity contribution is 5.73. The largest absolute Gasteiger partial charge is 0.457 e. The summed E-state index contributed by atoms with van der Waals surface area (Å²) in [7, 11) is 0. The van der Waals surface area contributed by atoms with Crippen molar-refractivity contribution in [2.24, 2.45) is 0 Å². The highest BCUT2D eigenvalue weighted by atomic mass is 16.6. The van der Waals surface area contributed by atoms with Gasteiger partial charge in [-0.05, 0) is 30.5 Å². The van der Waals surface area contributed by atoms with E-state index in [1.807, 2.05) is 4.90 Å². The van der Waals surface area contributed by atoms with Crippen LogP contribution in [0.5, 0.6) is 0 Å². The molecule has 4 rings (SSSR count). The van der Waals surface area contributed by atoms with Crippen LogP contribution >= 0.6 is 0 Å². The van der Waals surface area contributed by atoms with Crippen LogP contribution in [0.1, 0.15) is 50.3 Å². The van der Waals surface area contributed by atoms with Gasteiger partial charge in [0.1, 0.15) is 11.9 Å². The number of piperazine rings is 1.